The van der Waals surface area contributed by atoms with Gasteiger partial charge in [0, 0.05) is 6.20 Å². The summed E-state index contributed by atoms with van der Waals surface area (Å²) in [6.45, 7) is 1.76. The van der Waals surface area contributed by atoms with Gasteiger partial charge >= 0.3 is 5.97 Å². The fourth-order valence-electron chi connectivity index (χ4n) is 1.77. The van der Waals surface area contributed by atoms with Gasteiger partial charge in [-0.15, -0.1) is 11.3 Å². The predicted octanol–water partition coefficient (Wildman–Crippen LogP) is 2.54. The zero-order valence-electron chi connectivity index (χ0n) is 10.8. The summed E-state index contributed by atoms with van der Waals surface area (Å²) in [7, 11) is 0. The van der Waals surface area contributed by atoms with Crippen LogP contribution in [0.3, 0.4) is 0 Å². The zero-order chi connectivity index (χ0) is 15.0. The van der Waals surface area contributed by atoms with Crippen LogP contribution in [0.1, 0.15) is 25.7 Å². The normalized spacial score (nSPS) is 10.7. The lowest BCUT2D eigenvalue weighted by Crippen LogP contribution is -2.11. The molecule has 0 aromatic carbocycles. The summed E-state index contributed by atoms with van der Waals surface area (Å²) in [5.41, 5.74) is 1.36. The molecule has 0 saturated carbocycles. The van der Waals surface area contributed by atoms with Gasteiger partial charge in [-0.05, 0) is 25.1 Å². The highest BCUT2D eigenvalue weighted by atomic mass is 32.1. The highest BCUT2D eigenvalue weighted by Gasteiger charge is 2.13. The van der Waals surface area contributed by atoms with Crippen molar-refractivity contribution in [1.82, 2.24) is 10.1 Å². The Balaban J connectivity index is 1.85. The first-order valence-electron chi connectivity index (χ1n) is 5.91. The molecule has 0 atom stereocenters. The number of amides is 1. The molecule has 3 heterocycles. The second kappa shape index (κ2) is 4.98. The molecule has 1 amide bonds. The van der Waals surface area contributed by atoms with Crippen molar-refractivity contribution in [2.75, 3.05) is 5.32 Å². The molecule has 2 N–H and O–H groups in total. The van der Waals surface area contributed by atoms with Crippen LogP contribution in [0.25, 0.3) is 11.1 Å². The van der Waals surface area contributed by atoms with Gasteiger partial charge in [-0.3, -0.25) is 4.79 Å². The maximum atomic E-state index is 12.1. The fourth-order valence-corrected chi connectivity index (χ4v) is 2.51. The number of fused-ring (bicyclic) bond motifs is 1. The summed E-state index contributed by atoms with van der Waals surface area (Å²) >= 11 is 0.990. The lowest BCUT2D eigenvalue weighted by Gasteiger charge is -2.01. The molecule has 0 saturated heterocycles. The van der Waals surface area contributed by atoms with Gasteiger partial charge in [-0.2, -0.15) is 0 Å². The van der Waals surface area contributed by atoms with E-state index in [0.29, 0.717) is 27.4 Å². The van der Waals surface area contributed by atoms with Gasteiger partial charge in [-0.25, -0.2) is 9.78 Å². The van der Waals surface area contributed by atoms with Crippen molar-refractivity contribution < 1.29 is 19.2 Å². The number of anilines is 1. The molecule has 21 heavy (non-hydrogen) atoms. The molecule has 7 nitrogen and oxygen atoms in total. The number of thiophene rings is 1. The molecule has 0 spiro atoms. The fraction of sp³-hybridized carbons (Fsp3) is 0.0769. The Morgan fingerprint density at radius 1 is 1.38 bits per heavy atom. The van der Waals surface area contributed by atoms with E-state index in [4.69, 9.17) is 9.63 Å². The Bertz CT molecular complexity index is 852. The third-order valence-corrected chi connectivity index (χ3v) is 3.81. The molecular weight excluding hydrogens is 294 g/mol. The smallest absolute Gasteiger partial charge is 0.345 e. The Kier molecular flexibility index (Phi) is 3.15. The monoisotopic (exact) mass is 303 g/mol. The maximum Gasteiger partial charge on any atom is 0.345 e. The van der Waals surface area contributed by atoms with Gasteiger partial charge in [0.15, 0.2) is 0 Å². The minimum absolute atomic E-state index is 0.161. The molecule has 3 aromatic rings. The van der Waals surface area contributed by atoms with Crippen LogP contribution >= 0.6 is 11.3 Å². The summed E-state index contributed by atoms with van der Waals surface area (Å²) in [5, 5.41) is 16.4. The summed E-state index contributed by atoms with van der Waals surface area (Å²) in [4.78, 5) is 27.1. The first-order valence-corrected chi connectivity index (χ1v) is 6.73. The number of hydrogen-bond donors (Lipinski definition) is 2. The van der Waals surface area contributed by atoms with Crippen LogP contribution in [0.2, 0.25) is 0 Å². The molecule has 0 bridgehead atoms. The van der Waals surface area contributed by atoms with Crippen molar-refractivity contribution in [2.24, 2.45) is 0 Å². The van der Waals surface area contributed by atoms with E-state index in [0.717, 1.165) is 11.3 Å². The number of nitrogens with one attached hydrogen (secondary N) is 1. The molecule has 0 aliphatic rings. The predicted molar refractivity (Wildman–Crippen MR) is 75.8 cm³/mol. The number of nitrogens with zero attached hydrogens (tertiary/aromatic N) is 2. The van der Waals surface area contributed by atoms with E-state index in [1.807, 2.05) is 0 Å². The van der Waals surface area contributed by atoms with Crippen LogP contribution in [0, 0.1) is 6.92 Å². The van der Waals surface area contributed by atoms with Gasteiger partial charge in [0.25, 0.3) is 11.6 Å². The van der Waals surface area contributed by atoms with E-state index in [1.54, 1.807) is 19.1 Å². The van der Waals surface area contributed by atoms with Crippen molar-refractivity contribution in [3.8, 4) is 0 Å². The number of carbonyl (C=O) groups excluding carboxylic acids is 1. The van der Waals surface area contributed by atoms with E-state index in [2.05, 4.69) is 15.5 Å². The number of aromatic nitrogens is 2. The lowest BCUT2D eigenvalue weighted by molar-refractivity contribution is 0.0702. The number of carboxylic acid groups (broad SMARTS) is 1. The van der Waals surface area contributed by atoms with Crippen molar-refractivity contribution in [1.29, 1.82) is 0 Å². The molecule has 3 aromatic heterocycles. The van der Waals surface area contributed by atoms with Crippen LogP contribution in [-0.4, -0.2) is 27.1 Å². The summed E-state index contributed by atoms with van der Waals surface area (Å²) in [5.74, 6) is -1.40. The Morgan fingerprint density at radius 2 is 2.19 bits per heavy atom. The average Bonchev–Trinajstić information content (AvgIpc) is 3.06. The highest BCUT2D eigenvalue weighted by molar-refractivity contribution is 7.18. The van der Waals surface area contributed by atoms with Crippen LogP contribution < -0.4 is 5.32 Å². The summed E-state index contributed by atoms with van der Waals surface area (Å²) < 4.78 is 4.98. The Labute approximate surface area is 122 Å². The number of pyridine rings is 1. The minimum atomic E-state index is -1.02. The van der Waals surface area contributed by atoms with E-state index in [1.165, 1.54) is 12.3 Å². The molecule has 0 fully saturated rings. The van der Waals surface area contributed by atoms with Gasteiger partial charge in [0.05, 0.1) is 21.6 Å². The van der Waals surface area contributed by atoms with Gasteiger partial charge in [-0.1, -0.05) is 5.16 Å². The van der Waals surface area contributed by atoms with Crippen LogP contribution in [-0.2, 0) is 0 Å². The van der Waals surface area contributed by atoms with Gasteiger partial charge in [0.1, 0.15) is 4.88 Å². The molecule has 8 heteroatoms. The number of aryl methyl sites for hydroxylation is 1. The lowest BCUT2D eigenvalue weighted by atomic mass is 10.2. The maximum absolute atomic E-state index is 12.1. The molecule has 3 rings (SSSR count). The number of rotatable bonds is 3. The number of carbonyl (C=O) groups is 2. The number of hydrogen-bond acceptors (Lipinski definition) is 6. The van der Waals surface area contributed by atoms with E-state index in [9.17, 15) is 9.59 Å². The second-order valence-electron chi connectivity index (χ2n) is 4.27. The van der Waals surface area contributed by atoms with E-state index >= 15 is 0 Å². The molecular formula is C13H9N3O4S. The third-order valence-electron chi connectivity index (χ3n) is 2.83. The highest BCUT2D eigenvalue weighted by Crippen LogP contribution is 2.23. The second-order valence-corrected chi connectivity index (χ2v) is 5.35. The molecule has 106 valence electrons. The standard InChI is InChI=1S/C13H9N3O4S/c1-6-8-4-7(5-14-12(8)20-16-6)11(17)15-10-3-2-9(21-10)13(18)19/h2-5H,1H3,(H,15,17)(H,18,19). The zero-order valence-corrected chi connectivity index (χ0v) is 11.6. The molecule has 0 radical (unpaired) electrons. The number of carboxylic acids is 1. The average molecular weight is 303 g/mol. The van der Waals surface area contributed by atoms with Gasteiger partial charge in [0.2, 0.25) is 0 Å². The van der Waals surface area contributed by atoms with Gasteiger partial charge < -0.3 is 14.9 Å². The molecule has 0 unspecified atom stereocenters. The minimum Gasteiger partial charge on any atom is -0.477 e. The Morgan fingerprint density at radius 3 is 2.90 bits per heavy atom. The SMILES string of the molecule is Cc1noc2ncc(C(=O)Nc3ccc(C(=O)O)s3)cc12. The quantitative estimate of drug-likeness (QED) is 0.770. The van der Waals surface area contributed by atoms with Crippen molar-refractivity contribution in [2.45, 2.75) is 6.92 Å². The Hall–Kier alpha value is -2.74. The summed E-state index contributed by atoms with van der Waals surface area (Å²) in [6.07, 6.45) is 1.38. The molecule has 0 aliphatic heterocycles. The van der Waals surface area contributed by atoms with Crippen LogP contribution in [0.5, 0.6) is 0 Å². The first-order chi connectivity index (χ1) is 10.0. The van der Waals surface area contributed by atoms with E-state index < -0.39 is 5.97 Å². The van der Waals surface area contributed by atoms with Crippen molar-refractivity contribution in [3.63, 3.8) is 0 Å². The van der Waals surface area contributed by atoms with E-state index in [-0.39, 0.29) is 10.8 Å². The van der Waals surface area contributed by atoms with Crippen molar-refractivity contribution >= 4 is 39.3 Å². The summed E-state index contributed by atoms with van der Waals surface area (Å²) in [6, 6.07) is 4.62. The number of aromatic carboxylic acids is 1. The molecule has 0 aliphatic carbocycles. The van der Waals surface area contributed by atoms with Crippen LogP contribution in [0.15, 0.2) is 28.9 Å². The first kappa shape index (κ1) is 13.3. The largest absolute Gasteiger partial charge is 0.477 e. The van der Waals surface area contributed by atoms with Crippen LogP contribution in [0.4, 0.5) is 5.00 Å². The van der Waals surface area contributed by atoms with Crippen molar-refractivity contribution in [3.05, 3.63) is 40.5 Å². The third kappa shape index (κ3) is 2.48. The topological polar surface area (TPSA) is 105 Å².